The lowest BCUT2D eigenvalue weighted by Crippen LogP contribution is -2.11. The molecule has 25 heavy (non-hydrogen) atoms. The molecule has 0 atom stereocenters. The molecule has 0 aromatic heterocycles. The molecule has 0 radical (unpaired) electrons. The zero-order valence-corrected chi connectivity index (χ0v) is 13.1. The summed E-state index contributed by atoms with van der Waals surface area (Å²) >= 11 is 0. The standard InChI is InChI=1S/C17H14O8/c1-24-8-25-17(23)9-5-10(7-18)14(13(21)6-9)16(22)15-11(19)3-2-4-12(15)20/h2-7,19-21H,8H2,1H3. The third-order valence-electron chi connectivity index (χ3n) is 3.29. The molecular weight excluding hydrogens is 332 g/mol. The fourth-order valence-electron chi connectivity index (χ4n) is 2.19. The van der Waals surface area contributed by atoms with Crippen LogP contribution in [0.3, 0.4) is 0 Å². The Hall–Kier alpha value is -3.39. The molecule has 0 saturated heterocycles. The minimum absolute atomic E-state index is 0.172. The highest BCUT2D eigenvalue weighted by Gasteiger charge is 2.25. The van der Waals surface area contributed by atoms with Crippen LogP contribution in [0.15, 0.2) is 30.3 Å². The summed E-state index contributed by atoms with van der Waals surface area (Å²) in [6.07, 6.45) is 0.261. The molecule has 0 saturated carbocycles. The maximum absolute atomic E-state index is 12.6. The molecule has 0 unspecified atom stereocenters. The van der Waals surface area contributed by atoms with Crippen molar-refractivity contribution in [3.05, 3.63) is 52.6 Å². The van der Waals surface area contributed by atoms with Crippen LogP contribution in [0, 0.1) is 0 Å². The first kappa shape index (κ1) is 18.0. The number of hydrogen-bond acceptors (Lipinski definition) is 8. The van der Waals surface area contributed by atoms with Crippen LogP contribution in [0.1, 0.15) is 36.6 Å². The number of esters is 1. The summed E-state index contributed by atoms with van der Waals surface area (Å²) < 4.78 is 9.28. The van der Waals surface area contributed by atoms with E-state index in [1.165, 1.54) is 25.3 Å². The summed E-state index contributed by atoms with van der Waals surface area (Å²) in [4.78, 5) is 35.7. The predicted octanol–water partition coefficient (Wildman–Crippen LogP) is 1.61. The normalized spacial score (nSPS) is 10.3. The molecule has 8 heteroatoms. The number of ether oxygens (including phenoxy) is 2. The van der Waals surface area contributed by atoms with E-state index in [-0.39, 0.29) is 24.2 Å². The van der Waals surface area contributed by atoms with Gasteiger partial charge in [-0.2, -0.15) is 0 Å². The van der Waals surface area contributed by atoms with Gasteiger partial charge in [0, 0.05) is 12.7 Å². The van der Waals surface area contributed by atoms with Gasteiger partial charge < -0.3 is 24.8 Å². The minimum atomic E-state index is -0.980. The predicted molar refractivity (Wildman–Crippen MR) is 84.0 cm³/mol. The molecule has 8 nitrogen and oxygen atoms in total. The third kappa shape index (κ3) is 3.59. The number of rotatable bonds is 6. The maximum Gasteiger partial charge on any atom is 0.340 e. The molecule has 2 aromatic rings. The zero-order chi connectivity index (χ0) is 18.6. The Kier molecular flexibility index (Phi) is 5.35. The Morgan fingerprint density at radius 1 is 1.04 bits per heavy atom. The van der Waals surface area contributed by atoms with Crippen molar-refractivity contribution in [2.75, 3.05) is 13.9 Å². The van der Waals surface area contributed by atoms with Crippen molar-refractivity contribution in [1.29, 1.82) is 0 Å². The van der Waals surface area contributed by atoms with Crippen molar-refractivity contribution in [3.63, 3.8) is 0 Å². The fraction of sp³-hybridized carbons (Fsp3) is 0.118. The van der Waals surface area contributed by atoms with Crippen LogP contribution < -0.4 is 0 Å². The van der Waals surface area contributed by atoms with E-state index in [4.69, 9.17) is 4.74 Å². The van der Waals surface area contributed by atoms with Gasteiger partial charge in [0.15, 0.2) is 13.1 Å². The summed E-state index contributed by atoms with van der Waals surface area (Å²) in [5, 5.41) is 29.7. The van der Waals surface area contributed by atoms with Crippen LogP contribution in [0.2, 0.25) is 0 Å². The number of phenols is 3. The van der Waals surface area contributed by atoms with Crippen molar-refractivity contribution in [2.24, 2.45) is 0 Å². The lowest BCUT2D eigenvalue weighted by atomic mass is 9.95. The first-order valence-electron chi connectivity index (χ1n) is 6.94. The van der Waals surface area contributed by atoms with Crippen LogP contribution in [0.4, 0.5) is 0 Å². The van der Waals surface area contributed by atoms with Crippen LogP contribution >= 0.6 is 0 Å². The van der Waals surface area contributed by atoms with Crippen molar-refractivity contribution in [1.82, 2.24) is 0 Å². The van der Waals surface area contributed by atoms with Crippen LogP contribution in [0.5, 0.6) is 17.2 Å². The molecule has 3 N–H and O–H groups in total. The lowest BCUT2D eigenvalue weighted by molar-refractivity contribution is -0.0125. The minimum Gasteiger partial charge on any atom is -0.507 e. The molecule has 2 rings (SSSR count). The summed E-state index contributed by atoms with van der Waals surface area (Å²) in [7, 11) is 1.31. The number of benzene rings is 2. The largest absolute Gasteiger partial charge is 0.507 e. The first-order chi connectivity index (χ1) is 11.9. The molecule has 0 aliphatic rings. The second kappa shape index (κ2) is 7.45. The quantitative estimate of drug-likeness (QED) is 0.311. The summed E-state index contributed by atoms with van der Waals surface area (Å²) in [5.74, 6) is -3.58. The van der Waals surface area contributed by atoms with Gasteiger partial charge in [0.25, 0.3) is 0 Å². The van der Waals surface area contributed by atoms with Gasteiger partial charge in [-0.3, -0.25) is 9.59 Å². The Morgan fingerprint density at radius 3 is 2.24 bits per heavy atom. The van der Waals surface area contributed by atoms with E-state index in [1.54, 1.807) is 0 Å². The topological polar surface area (TPSA) is 130 Å². The van der Waals surface area contributed by atoms with Crippen molar-refractivity contribution >= 4 is 18.0 Å². The number of aldehydes is 1. The molecule has 0 heterocycles. The summed E-state index contributed by atoms with van der Waals surface area (Å²) in [5.41, 5.74) is -1.42. The van der Waals surface area contributed by atoms with Gasteiger partial charge in [0.05, 0.1) is 11.1 Å². The van der Waals surface area contributed by atoms with E-state index in [1.807, 2.05) is 0 Å². The summed E-state index contributed by atoms with van der Waals surface area (Å²) in [6.45, 7) is -0.331. The molecule has 0 spiro atoms. The Balaban J connectivity index is 2.53. The van der Waals surface area contributed by atoms with E-state index in [0.717, 1.165) is 12.1 Å². The van der Waals surface area contributed by atoms with Crippen molar-refractivity contribution < 1.29 is 39.2 Å². The van der Waals surface area contributed by atoms with Crippen molar-refractivity contribution in [3.8, 4) is 17.2 Å². The maximum atomic E-state index is 12.6. The molecule has 0 amide bonds. The molecule has 0 bridgehead atoms. The monoisotopic (exact) mass is 346 g/mol. The van der Waals surface area contributed by atoms with E-state index in [0.29, 0.717) is 0 Å². The Labute approximate surface area is 141 Å². The zero-order valence-electron chi connectivity index (χ0n) is 13.1. The molecule has 0 aliphatic heterocycles. The second-order valence-electron chi connectivity index (χ2n) is 4.92. The number of phenolic OH excluding ortho intramolecular Hbond substituents is 3. The van der Waals surface area contributed by atoms with Gasteiger partial charge in [0.2, 0.25) is 5.78 Å². The summed E-state index contributed by atoms with van der Waals surface area (Å²) in [6, 6.07) is 5.64. The van der Waals surface area contributed by atoms with E-state index >= 15 is 0 Å². The van der Waals surface area contributed by atoms with Gasteiger partial charge in [-0.1, -0.05) is 6.07 Å². The van der Waals surface area contributed by atoms with E-state index < -0.39 is 40.1 Å². The number of carbonyl (C=O) groups excluding carboxylic acids is 3. The molecule has 130 valence electrons. The van der Waals surface area contributed by atoms with Gasteiger partial charge >= 0.3 is 5.97 Å². The molecule has 0 aliphatic carbocycles. The van der Waals surface area contributed by atoms with E-state index in [2.05, 4.69) is 4.74 Å². The van der Waals surface area contributed by atoms with Gasteiger partial charge in [-0.05, 0) is 24.3 Å². The second-order valence-corrected chi connectivity index (χ2v) is 4.92. The van der Waals surface area contributed by atoms with E-state index in [9.17, 15) is 29.7 Å². The van der Waals surface area contributed by atoms with Crippen LogP contribution in [0.25, 0.3) is 0 Å². The van der Waals surface area contributed by atoms with Crippen molar-refractivity contribution in [2.45, 2.75) is 0 Å². The fourth-order valence-corrected chi connectivity index (χ4v) is 2.19. The third-order valence-corrected chi connectivity index (χ3v) is 3.29. The van der Waals surface area contributed by atoms with Gasteiger partial charge in [0.1, 0.15) is 22.8 Å². The highest BCUT2D eigenvalue weighted by atomic mass is 16.7. The number of hydrogen-bond donors (Lipinski definition) is 3. The van der Waals surface area contributed by atoms with Gasteiger partial charge in [-0.25, -0.2) is 4.79 Å². The number of methoxy groups -OCH3 is 1. The first-order valence-corrected chi connectivity index (χ1v) is 6.94. The Morgan fingerprint density at radius 2 is 1.68 bits per heavy atom. The highest BCUT2D eigenvalue weighted by Crippen LogP contribution is 2.33. The number of carbonyl (C=O) groups is 3. The molecule has 0 fully saturated rings. The lowest BCUT2D eigenvalue weighted by Gasteiger charge is -2.11. The SMILES string of the molecule is COCOC(=O)c1cc(O)c(C(=O)c2c(O)cccc2O)c(C=O)c1. The van der Waals surface area contributed by atoms with Gasteiger partial charge in [-0.15, -0.1) is 0 Å². The number of ketones is 1. The smallest absolute Gasteiger partial charge is 0.340 e. The molecular formula is C17H14O8. The average Bonchev–Trinajstić information content (AvgIpc) is 2.58. The van der Waals surface area contributed by atoms with Crippen LogP contribution in [-0.2, 0) is 9.47 Å². The Bertz CT molecular complexity index is 821. The average molecular weight is 346 g/mol. The number of aromatic hydroxyl groups is 3. The highest BCUT2D eigenvalue weighted by molar-refractivity contribution is 6.17. The molecule has 2 aromatic carbocycles. The van der Waals surface area contributed by atoms with Crippen LogP contribution in [-0.4, -0.2) is 47.3 Å².